The minimum absolute atomic E-state index is 0.0454. The molecular formula is C51H105NO5. The van der Waals surface area contributed by atoms with Gasteiger partial charge in [-0.3, -0.25) is 9.59 Å². The van der Waals surface area contributed by atoms with Crippen molar-refractivity contribution in [2.45, 2.75) is 273 Å². The Labute approximate surface area is 358 Å². The summed E-state index contributed by atoms with van der Waals surface area (Å²) in [5.41, 5.74) is 0. The van der Waals surface area contributed by atoms with Gasteiger partial charge >= 0.3 is 5.97 Å². The number of Topliss-reactive ketones (excluding diaryl/α,β-unsaturated/α-hetero) is 1. The van der Waals surface area contributed by atoms with Crippen LogP contribution in [-0.2, 0) is 14.3 Å². The molecule has 0 aromatic rings. The summed E-state index contributed by atoms with van der Waals surface area (Å²) in [6.45, 7) is 20.4. The molecule has 0 radical (unpaired) electrons. The molecule has 0 aromatic carbocycles. The Morgan fingerprint density at radius 1 is 0.474 bits per heavy atom. The highest BCUT2D eigenvalue weighted by Gasteiger charge is 2.19. The lowest BCUT2D eigenvalue weighted by atomic mass is 9.91. The third-order valence-corrected chi connectivity index (χ3v) is 11.5. The van der Waals surface area contributed by atoms with Gasteiger partial charge in [0.1, 0.15) is 5.78 Å². The second kappa shape index (κ2) is 51.2. The van der Waals surface area contributed by atoms with E-state index < -0.39 is 0 Å². The molecule has 0 bridgehead atoms. The maximum atomic E-state index is 12.7. The van der Waals surface area contributed by atoms with Gasteiger partial charge in [0.2, 0.25) is 0 Å². The quantitative estimate of drug-likeness (QED) is 0.0472. The van der Waals surface area contributed by atoms with E-state index in [4.69, 9.17) is 9.84 Å². The Kier molecular flexibility index (Phi) is 54.1. The van der Waals surface area contributed by atoms with Gasteiger partial charge in [-0.25, -0.2) is 0 Å². The van der Waals surface area contributed by atoms with Gasteiger partial charge in [0.25, 0.3) is 0 Å². The molecule has 0 saturated carbocycles. The molecule has 6 heteroatoms. The molecule has 0 fully saturated rings. The highest BCUT2D eigenvalue weighted by molar-refractivity contribution is 5.78. The van der Waals surface area contributed by atoms with Crippen LogP contribution in [0, 0.1) is 11.8 Å². The topological polar surface area (TPSA) is 87.1 Å². The Bertz CT molecular complexity index is 775. The van der Waals surface area contributed by atoms with E-state index >= 15 is 0 Å². The number of aliphatic hydroxyl groups is 2. The fourth-order valence-electron chi connectivity index (χ4n) is 7.18. The van der Waals surface area contributed by atoms with Crippen molar-refractivity contribution in [3.05, 3.63) is 0 Å². The number of ether oxygens (including phenoxy) is 1. The van der Waals surface area contributed by atoms with Gasteiger partial charge in [0.05, 0.1) is 18.6 Å². The first-order valence-corrected chi connectivity index (χ1v) is 25.4. The number of nitrogens with zero attached hydrogens (tertiary/aromatic N) is 1. The fourth-order valence-corrected chi connectivity index (χ4v) is 7.18. The van der Waals surface area contributed by atoms with E-state index in [9.17, 15) is 14.7 Å². The summed E-state index contributed by atoms with van der Waals surface area (Å²) in [6.07, 6.45) is 39.2. The van der Waals surface area contributed by atoms with Crippen LogP contribution < -0.4 is 0 Å². The van der Waals surface area contributed by atoms with Crippen molar-refractivity contribution in [3.8, 4) is 0 Å². The second-order valence-corrected chi connectivity index (χ2v) is 17.2. The molecular weight excluding hydrogens is 707 g/mol. The zero-order chi connectivity index (χ0) is 43.0. The van der Waals surface area contributed by atoms with Gasteiger partial charge < -0.3 is 19.8 Å². The van der Waals surface area contributed by atoms with E-state index in [2.05, 4.69) is 46.4 Å². The Morgan fingerprint density at radius 3 is 1.25 bits per heavy atom. The van der Waals surface area contributed by atoms with Crippen LogP contribution in [-0.4, -0.2) is 65.8 Å². The highest BCUT2D eigenvalue weighted by Crippen LogP contribution is 2.22. The second-order valence-electron chi connectivity index (χ2n) is 17.2. The summed E-state index contributed by atoms with van der Waals surface area (Å²) in [4.78, 5) is 26.6. The average Bonchev–Trinajstić information content (AvgIpc) is 3.21. The van der Waals surface area contributed by atoms with E-state index in [1.807, 2.05) is 6.92 Å². The van der Waals surface area contributed by atoms with Crippen molar-refractivity contribution >= 4 is 11.8 Å². The van der Waals surface area contributed by atoms with Crippen LogP contribution in [0.1, 0.15) is 267 Å². The number of unbranched alkanes of at least 4 members (excludes halogenated alkanes) is 21. The number of ketones is 1. The maximum Gasteiger partial charge on any atom is 0.308 e. The number of aliphatic hydroxyl groups excluding tert-OH is 2. The molecule has 0 rings (SSSR count). The lowest BCUT2D eigenvalue weighted by molar-refractivity contribution is -0.149. The third kappa shape index (κ3) is 47.6. The molecule has 3 unspecified atom stereocenters. The summed E-state index contributed by atoms with van der Waals surface area (Å²) in [5, 5.41) is 19.0. The van der Waals surface area contributed by atoms with E-state index in [-0.39, 0.29) is 24.6 Å². The Balaban J connectivity index is -0.00000110. The molecule has 0 heterocycles. The lowest BCUT2D eigenvalue weighted by Crippen LogP contribution is -2.34. The molecule has 57 heavy (non-hydrogen) atoms. The van der Waals surface area contributed by atoms with Gasteiger partial charge in [-0.15, -0.1) is 0 Å². The molecule has 0 amide bonds. The first kappa shape index (κ1) is 60.3. The van der Waals surface area contributed by atoms with Crippen LogP contribution in [0.2, 0.25) is 0 Å². The monoisotopic (exact) mass is 812 g/mol. The number of hydrogen-bond acceptors (Lipinski definition) is 6. The average molecular weight is 812 g/mol. The van der Waals surface area contributed by atoms with Crippen LogP contribution in [0.4, 0.5) is 0 Å². The van der Waals surface area contributed by atoms with Gasteiger partial charge in [0.15, 0.2) is 0 Å². The van der Waals surface area contributed by atoms with E-state index in [1.54, 1.807) is 6.92 Å². The van der Waals surface area contributed by atoms with E-state index in [0.717, 1.165) is 96.6 Å². The largest absolute Gasteiger partial charge is 0.465 e. The third-order valence-electron chi connectivity index (χ3n) is 11.5. The summed E-state index contributed by atoms with van der Waals surface area (Å²) >= 11 is 0. The molecule has 3 atom stereocenters. The molecule has 0 aliphatic rings. The van der Waals surface area contributed by atoms with Crippen molar-refractivity contribution in [3.63, 3.8) is 0 Å². The summed E-state index contributed by atoms with van der Waals surface area (Å²) < 4.78 is 5.70. The van der Waals surface area contributed by atoms with Gasteiger partial charge in [-0.05, 0) is 64.8 Å². The zero-order valence-electron chi connectivity index (χ0n) is 40.2. The molecule has 0 aliphatic heterocycles. The highest BCUT2D eigenvalue weighted by atomic mass is 16.5. The normalized spacial score (nSPS) is 12.7. The number of hydrogen-bond donors (Lipinski definition) is 2. The Morgan fingerprint density at radius 2 is 0.842 bits per heavy atom. The van der Waals surface area contributed by atoms with Gasteiger partial charge in [-0.2, -0.15) is 0 Å². The smallest absolute Gasteiger partial charge is 0.308 e. The van der Waals surface area contributed by atoms with Crippen molar-refractivity contribution in [2.75, 3.05) is 32.8 Å². The van der Waals surface area contributed by atoms with Gasteiger partial charge in [0, 0.05) is 25.6 Å². The first-order chi connectivity index (χ1) is 27.7. The fraction of sp³-hybridized carbons (Fsp3) is 0.961. The Hall–Kier alpha value is -0.980. The molecule has 6 nitrogen and oxygen atoms in total. The van der Waals surface area contributed by atoms with Crippen LogP contribution in [0.25, 0.3) is 0 Å². The minimum Gasteiger partial charge on any atom is -0.465 e. The molecule has 0 aromatic heterocycles. The number of esters is 1. The first-order valence-electron chi connectivity index (χ1n) is 25.4. The molecule has 2 N–H and O–H groups in total. The number of carbonyl (C=O) groups is 2. The predicted octanol–water partition coefficient (Wildman–Crippen LogP) is 15.0. The van der Waals surface area contributed by atoms with Crippen molar-refractivity contribution in [1.82, 2.24) is 4.90 Å². The summed E-state index contributed by atoms with van der Waals surface area (Å²) in [5.74, 6) is 0.915. The van der Waals surface area contributed by atoms with Gasteiger partial charge in [-0.1, -0.05) is 209 Å². The van der Waals surface area contributed by atoms with Crippen LogP contribution >= 0.6 is 0 Å². The maximum absolute atomic E-state index is 12.7. The molecule has 344 valence electrons. The number of carbonyl (C=O) groups excluding carboxylic acids is 2. The zero-order valence-corrected chi connectivity index (χ0v) is 40.2. The minimum atomic E-state index is -0.278. The lowest BCUT2D eigenvalue weighted by Gasteiger charge is -2.24. The van der Waals surface area contributed by atoms with E-state index in [0.29, 0.717) is 24.9 Å². The van der Waals surface area contributed by atoms with Crippen LogP contribution in [0.15, 0.2) is 0 Å². The van der Waals surface area contributed by atoms with E-state index in [1.165, 1.54) is 128 Å². The molecule has 0 spiro atoms. The van der Waals surface area contributed by atoms with Crippen LogP contribution in [0.5, 0.6) is 0 Å². The van der Waals surface area contributed by atoms with Crippen LogP contribution in [0.3, 0.4) is 0 Å². The molecule has 0 aliphatic carbocycles. The number of rotatable bonds is 41. The van der Waals surface area contributed by atoms with Crippen molar-refractivity contribution in [1.29, 1.82) is 0 Å². The standard InChI is InChI=1S/C30H61NO4.C17H34O.C4H10/c1-4-7-9-11-13-17-22-28(21-16-10-8-5-2)30(34)35-26-19-15-12-14-18-23-31(24-20-25-32)27-29(33)6-3;1-4-6-8-10-11-13-15-17(16(3)18)14-12-9-7-5-2;1-3-4-2/h28-29,32-33H,4-27H2,1-3H3;17H,4-15H2,1-3H3;3-4H2,1-2H3. The summed E-state index contributed by atoms with van der Waals surface area (Å²) in [6, 6.07) is 0. The SMILES string of the molecule is CCCC.CCCCCCCCC(CCCCCC)C(=O)OCCCCCCCN(CCCO)CC(O)CC.CCCCCCCCC(CCCCCC)C(C)=O. The van der Waals surface area contributed by atoms with Crippen molar-refractivity contribution < 1.29 is 24.5 Å². The molecule has 0 saturated heterocycles. The van der Waals surface area contributed by atoms with Crippen molar-refractivity contribution in [2.24, 2.45) is 11.8 Å². The summed E-state index contributed by atoms with van der Waals surface area (Å²) in [7, 11) is 0. The predicted molar refractivity (Wildman–Crippen MR) is 250 cm³/mol.